The molecule has 0 bridgehead atoms. The van der Waals surface area contributed by atoms with E-state index >= 15 is 0 Å². The third-order valence-electron chi connectivity index (χ3n) is 2.19. The van der Waals surface area contributed by atoms with E-state index in [1.54, 1.807) is 25.1 Å². The molecule has 6 heteroatoms. The number of aliphatic hydroxyl groups excluding tert-OH is 1. The molecular formula is C10H13FN4O. The fourth-order valence-corrected chi connectivity index (χ4v) is 1.46. The van der Waals surface area contributed by atoms with Gasteiger partial charge in [-0.25, -0.2) is 4.39 Å². The number of nitrogens with zero attached hydrogens (tertiary/aromatic N) is 4. The second-order valence-corrected chi connectivity index (χ2v) is 3.50. The van der Waals surface area contributed by atoms with Gasteiger partial charge in [0.05, 0.1) is 12.6 Å². The number of hydrogen-bond donors (Lipinski definition) is 1. The van der Waals surface area contributed by atoms with Crippen molar-refractivity contribution in [2.24, 2.45) is 5.11 Å². The van der Waals surface area contributed by atoms with Crippen LogP contribution in [-0.2, 0) is 0 Å². The van der Waals surface area contributed by atoms with Crippen LogP contribution in [0.25, 0.3) is 10.4 Å². The van der Waals surface area contributed by atoms with E-state index < -0.39 is 11.9 Å². The molecule has 0 aliphatic carbocycles. The number of aliphatic hydroxyl groups is 1. The fourth-order valence-electron chi connectivity index (χ4n) is 1.46. The zero-order chi connectivity index (χ0) is 12.1. The predicted molar refractivity (Wildman–Crippen MR) is 59.7 cm³/mol. The molecule has 0 saturated carbocycles. The maximum Gasteiger partial charge on any atom is 0.123 e. The number of azide groups is 1. The van der Waals surface area contributed by atoms with Crippen molar-refractivity contribution in [3.05, 3.63) is 40.0 Å². The van der Waals surface area contributed by atoms with Crippen molar-refractivity contribution in [2.45, 2.75) is 6.04 Å². The smallest absolute Gasteiger partial charge is 0.123 e. The molecule has 0 heterocycles. The Balaban J connectivity index is 3.27. The van der Waals surface area contributed by atoms with Crippen molar-refractivity contribution < 1.29 is 9.50 Å². The molecule has 1 aromatic rings. The second-order valence-electron chi connectivity index (χ2n) is 3.50. The molecule has 0 spiro atoms. The molecule has 0 aliphatic rings. The van der Waals surface area contributed by atoms with Crippen molar-refractivity contribution in [1.29, 1.82) is 0 Å². The van der Waals surface area contributed by atoms with Crippen LogP contribution in [0.1, 0.15) is 11.6 Å². The Bertz CT molecular complexity index is 415. The number of benzene rings is 1. The normalized spacial score (nSPS) is 11.8. The molecule has 1 aromatic carbocycles. The van der Waals surface area contributed by atoms with Crippen LogP contribution in [0.2, 0.25) is 0 Å². The van der Waals surface area contributed by atoms with E-state index in [1.165, 1.54) is 12.1 Å². The first-order valence-electron chi connectivity index (χ1n) is 4.72. The highest BCUT2D eigenvalue weighted by molar-refractivity contribution is 5.54. The van der Waals surface area contributed by atoms with Gasteiger partial charge < -0.3 is 10.0 Å². The Morgan fingerprint density at radius 1 is 1.56 bits per heavy atom. The summed E-state index contributed by atoms with van der Waals surface area (Å²) in [5, 5.41) is 12.5. The second kappa shape index (κ2) is 5.34. The van der Waals surface area contributed by atoms with Crippen molar-refractivity contribution in [3.8, 4) is 0 Å². The summed E-state index contributed by atoms with van der Waals surface area (Å²) >= 11 is 0. The minimum atomic E-state index is -0.766. The molecule has 0 radical (unpaired) electrons. The van der Waals surface area contributed by atoms with Gasteiger partial charge in [0.15, 0.2) is 0 Å². The van der Waals surface area contributed by atoms with Gasteiger partial charge in [0.2, 0.25) is 0 Å². The van der Waals surface area contributed by atoms with E-state index in [0.29, 0.717) is 11.3 Å². The van der Waals surface area contributed by atoms with Gasteiger partial charge in [0.1, 0.15) is 5.82 Å². The Kier molecular flexibility index (Phi) is 4.10. The summed E-state index contributed by atoms with van der Waals surface area (Å²) in [6.45, 7) is -0.353. The summed E-state index contributed by atoms with van der Waals surface area (Å²) in [6, 6.07) is 3.41. The van der Waals surface area contributed by atoms with Crippen LogP contribution in [0.15, 0.2) is 23.3 Å². The number of hydrogen-bond acceptors (Lipinski definition) is 3. The Morgan fingerprint density at radius 3 is 2.75 bits per heavy atom. The Labute approximate surface area is 92.7 Å². The van der Waals surface area contributed by atoms with Gasteiger partial charge in [-0.2, -0.15) is 0 Å². The van der Waals surface area contributed by atoms with Crippen molar-refractivity contribution in [3.63, 3.8) is 0 Å². The summed E-state index contributed by atoms with van der Waals surface area (Å²) in [7, 11) is 3.59. The molecule has 0 aromatic heterocycles. The van der Waals surface area contributed by atoms with E-state index in [9.17, 15) is 4.39 Å². The van der Waals surface area contributed by atoms with Crippen molar-refractivity contribution >= 4 is 5.69 Å². The van der Waals surface area contributed by atoms with E-state index in [1.807, 2.05) is 0 Å². The lowest BCUT2D eigenvalue weighted by Gasteiger charge is -2.20. The van der Waals surface area contributed by atoms with E-state index in [-0.39, 0.29) is 6.61 Å². The van der Waals surface area contributed by atoms with Crippen LogP contribution in [0.3, 0.4) is 0 Å². The average molecular weight is 224 g/mol. The molecule has 1 atom stereocenters. The highest BCUT2D eigenvalue weighted by Gasteiger charge is 2.15. The molecule has 0 saturated heterocycles. The largest absolute Gasteiger partial charge is 0.396 e. The standard InChI is InChI=1S/C10H13FN4O/c1-15(2)10-4-3-7(11)5-8(10)9(6-16)13-14-12/h3-5,9,16H,6H2,1-2H3. The van der Waals surface area contributed by atoms with Crippen molar-refractivity contribution in [1.82, 2.24) is 0 Å². The molecule has 5 nitrogen and oxygen atoms in total. The van der Waals surface area contributed by atoms with Crippen LogP contribution in [0.4, 0.5) is 10.1 Å². The van der Waals surface area contributed by atoms with Gasteiger partial charge in [0.25, 0.3) is 0 Å². The zero-order valence-corrected chi connectivity index (χ0v) is 9.13. The predicted octanol–water partition coefficient (Wildman–Crippen LogP) is 2.24. The van der Waals surface area contributed by atoms with E-state index in [2.05, 4.69) is 10.0 Å². The molecule has 16 heavy (non-hydrogen) atoms. The summed E-state index contributed by atoms with van der Waals surface area (Å²) in [5.74, 6) is -0.424. The van der Waals surface area contributed by atoms with Crippen LogP contribution >= 0.6 is 0 Å². The van der Waals surface area contributed by atoms with Gasteiger partial charge in [-0.15, -0.1) is 0 Å². The summed E-state index contributed by atoms with van der Waals surface area (Å²) in [5.41, 5.74) is 9.56. The van der Waals surface area contributed by atoms with Gasteiger partial charge in [0, 0.05) is 24.7 Å². The Morgan fingerprint density at radius 2 is 2.25 bits per heavy atom. The first-order chi connectivity index (χ1) is 7.60. The topological polar surface area (TPSA) is 72.2 Å². The molecule has 0 amide bonds. The van der Waals surface area contributed by atoms with Gasteiger partial charge >= 0.3 is 0 Å². The zero-order valence-electron chi connectivity index (χ0n) is 9.13. The van der Waals surface area contributed by atoms with Crippen LogP contribution in [-0.4, -0.2) is 25.8 Å². The maximum absolute atomic E-state index is 13.1. The van der Waals surface area contributed by atoms with E-state index in [0.717, 1.165) is 0 Å². The quantitative estimate of drug-likeness (QED) is 0.484. The highest BCUT2D eigenvalue weighted by atomic mass is 19.1. The van der Waals surface area contributed by atoms with E-state index in [4.69, 9.17) is 10.6 Å². The molecule has 0 fully saturated rings. The van der Waals surface area contributed by atoms with Crippen LogP contribution in [0, 0.1) is 5.82 Å². The van der Waals surface area contributed by atoms with Gasteiger partial charge in [-0.3, -0.25) is 0 Å². The molecule has 1 rings (SSSR count). The van der Waals surface area contributed by atoms with Crippen LogP contribution < -0.4 is 4.90 Å². The summed E-state index contributed by atoms with van der Waals surface area (Å²) in [6.07, 6.45) is 0. The number of anilines is 1. The first-order valence-corrected chi connectivity index (χ1v) is 4.72. The third-order valence-corrected chi connectivity index (χ3v) is 2.19. The molecule has 1 unspecified atom stereocenters. The average Bonchev–Trinajstić information content (AvgIpc) is 2.25. The monoisotopic (exact) mass is 224 g/mol. The van der Waals surface area contributed by atoms with Crippen LogP contribution in [0.5, 0.6) is 0 Å². The highest BCUT2D eigenvalue weighted by Crippen LogP contribution is 2.28. The SMILES string of the molecule is CN(C)c1ccc(F)cc1C(CO)N=[N+]=[N-]. The first kappa shape index (κ1) is 12.3. The minimum absolute atomic E-state index is 0.353. The molecule has 1 N–H and O–H groups in total. The summed E-state index contributed by atoms with van der Waals surface area (Å²) < 4.78 is 13.1. The van der Waals surface area contributed by atoms with Crippen molar-refractivity contribution in [2.75, 3.05) is 25.6 Å². The van der Waals surface area contributed by atoms with Gasteiger partial charge in [-0.1, -0.05) is 5.11 Å². The third kappa shape index (κ3) is 2.62. The number of halogens is 1. The minimum Gasteiger partial charge on any atom is -0.396 e. The lowest BCUT2D eigenvalue weighted by molar-refractivity contribution is 0.268. The summed E-state index contributed by atoms with van der Waals surface area (Å²) in [4.78, 5) is 4.41. The lowest BCUT2D eigenvalue weighted by Crippen LogP contribution is -2.14. The molecule has 86 valence electrons. The van der Waals surface area contributed by atoms with Gasteiger partial charge in [-0.05, 0) is 29.3 Å². The maximum atomic E-state index is 13.1. The Hall–Kier alpha value is -1.78. The number of rotatable bonds is 4. The molecular weight excluding hydrogens is 211 g/mol. The molecule has 0 aliphatic heterocycles. The lowest BCUT2D eigenvalue weighted by atomic mass is 10.1. The fraction of sp³-hybridized carbons (Fsp3) is 0.400.